The number of benzene rings is 1. The van der Waals surface area contributed by atoms with E-state index in [1.54, 1.807) is 0 Å². The van der Waals surface area contributed by atoms with Gasteiger partial charge in [-0.3, -0.25) is 4.57 Å². The van der Waals surface area contributed by atoms with Crippen molar-refractivity contribution in [3.05, 3.63) is 22.3 Å². The fraction of sp³-hybridized carbons (Fsp3) is 0.793. The van der Waals surface area contributed by atoms with Gasteiger partial charge in [-0.2, -0.15) is 0 Å². The third kappa shape index (κ3) is 9.09. The normalized spacial score (nSPS) is 19.9. The highest BCUT2D eigenvalue weighted by Gasteiger charge is 2.35. The van der Waals surface area contributed by atoms with E-state index in [4.69, 9.17) is 9.47 Å². The predicted molar refractivity (Wildman–Crippen MR) is 146 cm³/mol. The Morgan fingerprint density at radius 2 is 1.66 bits per heavy atom. The molecular weight excluding hydrogens is 459 g/mol. The van der Waals surface area contributed by atoms with Crippen LogP contribution in [0.25, 0.3) is 0 Å². The number of rotatable bonds is 14. The molecule has 1 heterocycles. The van der Waals surface area contributed by atoms with Crippen LogP contribution < -0.4 is 9.47 Å². The van der Waals surface area contributed by atoms with Gasteiger partial charge < -0.3 is 19.3 Å². The van der Waals surface area contributed by atoms with E-state index in [1.165, 1.54) is 37.7 Å². The Morgan fingerprint density at radius 1 is 1.00 bits per heavy atom. The van der Waals surface area contributed by atoms with Crippen LogP contribution in [0, 0.1) is 32.6 Å². The molecule has 6 heteroatoms. The van der Waals surface area contributed by atoms with Crippen LogP contribution in [0.1, 0.15) is 115 Å². The van der Waals surface area contributed by atoms with Gasteiger partial charge in [-0.25, -0.2) is 0 Å². The predicted octanol–water partition coefficient (Wildman–Crippen LogP) is 8.05. The van der Waals surface area contributed by atoms with Crippen molar-refractivity contribution in [2.75, 3.05) is 6.16 Å². The van der Waals surface area contributed by atoms with Crippen LogP contribution in [-0.2, 0) is 11.0 Å². The topological polar surface area (TPSA) is 76.0 Å². The van der Waals surface area contributed by atoms with Gasteiger partial charge in [0.05, 0.1) is 6.16 Å². The van der Waals surface area contributed by atoms with E-state index < -0.39 is 13.7 Å². The molecule has 0 aliphatic carbocycles. The quantitative estimate of drug-likeness (QED) is 0.248. The summed E-state index contributed by atoms with van der Waals surface area (Å²) in [5, 5.41) is 0. The third-order valence-electron chi connectivity index (χ3n) is 7.78. The number of hydrogen-bond donors (Lipinski definition) is 2. The molecule has 0 bridgehead atoms. The molecule has 0 spiro atoms. The van der Waals surface area contributed by atoms with Crippen LogP contribution in [0.3, 0.4) is 0 Å². The summed E-state index contributed by atoms with van der Waals surface area (Å²) in [5.41, 5.74) is 4.18. The van der Waals surface area contributed by atoms with E-state index in [9.17, 15) is 14.4 Å². The summed E-state index contributed by atoms with van der Waals surface area (Å²) >= 11 is 0. The zero-order valence-electron chi connectivity index (χ0n) is 23.6. The molecule has 2 rings (SSSR count). The molecule has 1 aromatic rings. The monoisotopic (exact) mass is 510 g/mol. The van der Waals surface area contributed by atoms with E-state index in [0.717, 1.165) is 65.7 Å². The van der Waals surface area contributed by atoms with Crippen molar-refractivity contribution in [1.29, 1.82) is 0 Å². The summed E-state index contributed by atoms with van der Waals surface area (Å²) in [4.78, 5) is 19.0. The fourth-order valence-corrected chi connectivity index (χ4v) is 6.21. The van der Waals surface area contributed by atoms with Crippen molar-refractivity contribution in [3.8, 4) is 11.5 Å². The molecule has 1 aliphatic rings. The lowest BCUT2D eigenvalue weighted by Crippen LogP contribution is -2.37. The Kier molecular flexibility index (Phi) is 11.2. The Balaban J connectivity index is 2.10. The van der Waals surface area contributed by atoms with Crippen molar-refractivity contribution < 1.29 is 23.8 Å². The van der Waals surface area contributed by atoms with Gasteiger partial charge in [0.25, 0.3) is 0 Å². The van der Waals surface area contributed by atoms with Gasteiger partial charge in [0.1, 0.15) is 23.2 Å². The first kappa shape index (κ1) is 30.2. The molecule has 35 heavy (non-hydrogen) atoms. The fourth-order valence-electron chi connectivity index (χ4n) is 5.42. The average molecular weight is 511 g/mol. The highest BCUT2D eigenvalue weighted by Crippen LogP contribution is 2.46. The second kappa shape index (κ2) is 13.0. The maximum absolute atomic E-state index is 11.6. The van der Waals surface area contributed by atoms with E-state index in [0.29, 0.717) is 6.42 Å². The SMILES string of the molecule is CCCC(CP(=O)(O)O)Oc1c(C)c(C)c2c(c1C)CCC(C)(CCCC(C)CCCC(C)C)O2. The largest absolute Gasteiger partial charge is 0.489 e. The minimum atomic E-state index is -4.15. The second-order valence-electron chi connectivity index (χ2n) is 11.8. The van der Waals surface area contributed by atoms with Crippen LogP contribution in [0.15, 0.2) is 0 Å². The van der Waals surface area contributed by atoms with E-state index in [-0.39, 0.29) is 11.8 Å². The number of ether oxygens (including phenoxy) is 2. The minimum Gasteiger partial charge on any atom is -0.489 e. The average Bonchev–Trinajstić information content (AvgIpc) is 2.74. The first-order chi connectivity index (χ1) is 16.3. The molecule has 0 saturated heterocycles. The molecule has 1 aliphatic heterocycles. The smallest absolute Gasteiger partial charge is 0.329 e. The lowest BCUT2D eigenvalue weighted by molar-refractivity contribution is 0.0510. The first-order valence-electron chi connectivity index (χ1n) is 13.8. The van der Waals surface area contributed by atoms with Crippen molar-refractivity contribution in [3.63, 3.8) is 0 Å². The Bertz CT molecular complexity index is 875. The molecule has 1 aromatic carbocycles. The van der Waals surface area contributed by atoms with Crippen molar-refractivity contribution in [2.24, 2.45) is 11.8 Å². The zero-order valence-corrected chi connectivity index (χ0v) is 24.5. The van der Waals surface area contributed by atoms with Crippen LogP contribution in [0.4, 0.5) is 0 Å². The zero-order chi connectivity index (χ0) is 26.4. The van der Waals surface area contributed by atoms with Crippen molar-refractivity contribution >= 4 is 7.60 Å². The molecule has 0 saturated carbocycles. The summed E-state index contributed by atoms with van der Waals surface area (Å²) in [5.74, 6) is 3.33. The molecule has 0 aromatic heterocycles. The molecule has 5 nitrogen and oxygen atoms in total. The van der Waals surface area contributed by atoms with Gasteiger partial charge in [0, 0.05) is 5.56 Å². The molecule has 0 fully saturated rings. The highest BCUT2D eigenvalue weighted by atomic mass is 31.2. The molecule has 202 valence electrons. The molecule has 2 N–H and O–H groups in total. The van der Waals surface area contributed by atoms with Gasteiger partial charge in [-0.05, 0) is 88.3 Å². The molecular formula is C29H51O5P. The third-order valence-corrected chi connectivity index (χ3v) is 8.66. The summed E-state index contributed by atoms with van der Waals surface area (Å²) in [6.45, 7) is 17.4. The summed E-state index contributed by atoms with van der Waals surface area (Å²) in [6, 6.07) is 0. The van der Waals surface area contributed by atoms with E-state index in [2.05, 4.69) is 41.5 Å². The minimum absolute atomic E-state index is 0.151. The molecule has 0 radical (unpaired) electrons. The Morgan fingerprint density at radius 3 is 2.26 bits per heavy atom. The molecule has 0 amide bonds. The number of hydrogen-bond acceptors (Lipinski definition) is 3. The standard InChI is InChI=1S/C29H51O5P/c1-9-12-25(19-35(30,31)32)33-27-22(5)23(6)28-26(24(27)7)16-18-29(8,34-28)17-11-15-21(4)14-10-13-20(2)3/h20-21,25H,9-19H2,1-8H3,(H2,30,31,32). The molecule has 3 atom stereocenters. The summed E-state index contributed by atoms with van der Waals surface area (Å²) in [6.07, 6.45) is 10.1. The highest BCUT2D eigenvalue weighted by molar-refractivity contribution is 7.51. The maximum Gasteiger partial charge on any atom is 0.329 e. The Labute approximate surface area is 214 Å². The van der Waals surface area contributed by atoms with Gasteiger partial charge in [0.2, 0.25) is 0 Å². The van der Waals surface area contributed by atoms with Crippen LogP contribution in [-0.4, -0.2) is 27.7 Å². The van der Waals surface area contributed by atoms with Crippen LogP contribution in [0.2, 0.25) is 0 Å². The summed E-state index contributed by atoms with van der Waals surface area (Å²) < 4.78 is 24.6. The van der Waals surface area contributed by atoms with Gasteiger partial charge in [0.15, 0.2) is 0 Å². The molecule has 3 unspecified atom stereocenters. The van der Waals surface area contributed by atoms with Crippen LogP contribution >= 0.6 is 7.60 Å². The van der Waals surface area contributed by atoms with E-state index >= 15 is 0 Å². The Hall–Kier alpha value is -1.03. The van der Waals surface area contributed by atoms with Crippen LogP contribution in [0.5, 0.6) is 11.5 Å². The lowest BCUT2D eigenvalue weighted by atomic mass is 9.84. The summed E-state index contributed by atoms with van der Waals surface area (Å²) in [7, 11) is -4.15. The maximum atomic E-state index is 11.6. The van der Waals surface area contributed by atoms with Gasteiger partial charge in [-0.1, -0.05) is 59.8 Å². The lowest BCUT2D eigenvalue weighted by Gasteiger charge is -2.39. The van der Waals surface area contributed by atoms with E-state index in [1.807, 2.05) is 13.8 Å². The second-order valence-corrected chi connectivity index (χ2v) is 13.5. The van der Waals surface area contributed by atoms with Gasteiger partial charge >= 0.3 is 7.60 Å². The number of fused-ring (bicyclic) bond motifs is 1. The van der Waals surface area contributed by atoms with Gasteiger partial charge in [-0.15, -0.1) is 0 Å². The first-order valence-corrected chi connectivity index (χ1v) is 15.6. The van der Waals surface area contributed by atoms with Crippen molar-refractivity contribution in [1.82, 2.24) is 0 Å². The van der Waals surface area contributed by atoms with Crippen molar-refractivity contribution in [2.45, 2.75) is 131 Å².